The number of nitrogens with zero attached hydrogens (tertiary/aromatic N) is 3. The Labute approximate surface area is 134 Å². The van der Waals surface area contributed by atoms with Crippen LogP contribution in [0.2, 0.25) is 10.2 Å². The van der Waals surface area contributed by atoms with E-state index in [9.17, 15) is 4.79 Å². The Bertz CT molecular complexity index is 499. The predicted molar refractivity (Wildman–Crippen MR) is 83.1 cm³/mol. The summed E-state index contributed by atoms with van der Waals surface area (Å²) in [6.07, 6.45) is 2.42. The molecule has 21 heavy (non-hydrogen) atoms. The molecule has 1 amide bonds. The van der Waals surface area contributed by atoms with Crippen LogP contribution in [0.5, 0.6) is 0 Å². The summed E-state index contributed by atoms with van der Waals surface area (Å²) in [4.78, 5) is 20.6. The van der Waals surface area contributed by atoms with Crippen LogP contribution in [-0.4, -0.2) is 67.1 Å². The number of halogens is 2. The molecule has 0 unspecified atom stereocenters. The van der Waals surface area contributed by atoms with E-state index >= 15 is 0 Å². The highest BCUT2D eigenvalue weighted by molar-refractivity contribution is 6.41. The number of ether oxygens (including phenoxy) is 1. The molecule has 2 rings (SSSR count). The van der Waals surface area contributed by atoms with Crippen molar-refractivity contribution in [3.8, 4) is 0 Å². The molecule has 1 saturated heterocycles. The summed E-state index contributed by atoms with van der Waals surface area (Å²) in [6.45, 7) is 4.87. The van der Waals surface area contributed by atoms with Crippen LogP contribution in [0.15, 0.2) is 12.3 Å². The van der Waals surface area contributed by atoms with E-state index in [-0.39, 0.29) is 11.1 Å². The zero-order valence-electron chi connectivity index (χ0n) is 12.0. The molecule has 116 valence electrons. The Morgan fingerprint density at radius 2 is 2.14 bits per heavy atom. The first-order chi connectivity index (χ1) is 10.1. The first-order valence-electron chi connectivity index (χ1n) is 6.93. The van der Waals surface area contributed by atoms with Crippen molar-refractivity contribution in [2.75, 3.05) is 46.4 Å². The highest BCUT2D eigenvalue weighted by Crippen LogP contribution is 2.20. The second-order valence-corrected chi connectivity index (χ2v) is 5.74. The second-order valence-electron chi connectivity index (χ2n) is 4.98. The molecule has 0 atom stereocenters. The van der Waals surface area contributed by atoms with E-state index in [4.69, 9.17) is 27.9 Å². The topological polar surface area (TPSA) is 45.7 Å². The molecule has 0 radical (unpaired) electrons. The van der Waals surface area contributed by atoms with Gasteiger partial charge in [0.2, 0.25) is 0 Å². The Morgan fingerprint density at radius 1 is 1.33 bits per heavy atom. The standard InChI is InChI=1S/C14H19Cl2N3O2/c1-21-8-7-18-3-2-4-19(6-5-18)14(20)11-9-12(15)13(16)17-10-11/h9-10H,2-8H2,1H3. The number of pyridine rings is 1. The largest absolute Gasteiger partial charge is 0.383 e. The minimum atomic E-state index is -0.0466. The summed E-state index contributed by atoms with van der Waals surface area (Å²) in [5.41, 5.74) is 0.481. The first-order valence-corrected chi connectivity index (χ1v) is 7.69. The normalized spacial score (nSPS) is 16.8. The highest BCUT2D eigenvalue weighted by atomic mass is 35.5. The van der Waals surface area contributed by atoms with E-state index in [1.807, 2.05) is 4.90 Å². The average Bonchev–Trinajstić information content (AvgIpc) is 2.73. The van der Waals surface area contributed by atoms with Crippen LogP contribution in [0.1, 0.15) is 16.8 Å². The summed E-state index contributed by atoms with van der Waals surface area (Å²) in [5, 5.41) is 0.522. The molecule has 5 nitrogen and oxygen atoms in total. The maximum atomic E-state index is 12.5. The van der Waals surface area contributed by atoms with Crippen LogP contribution < -0.4 is 0 Å². The summed E-state index contributed by atoms with van der Waals surface area (Å²) >= 11 is 11.7. The van der Waals surface area contributed by atoms with Gasteiger partial charge in [-0.3, -0.25) is 9.69 Å². The number of amides is 1. The van der Waals surface area contributed by atoms with Crippen molar-refractivity contribution in [3.05, 3.63) is 28.0 Å². The average molecular weight is 332 g/mol. The fourth-order valence-electron chi connectivity index (χ4n) is 2.34. The maximum Gasteiger partial charge on any atom is 0.255 e. The third-order valence-electron chi connectivity index (χ3n) is 3.53. The molecule has 0 aromatic carbocycles. The molecule has 0 bridgehead atoms. The minimum Gasteiger partial charge on any atom is -0.383 e. The van der Waals surface area contributed by atoms with Crippen molar-refractivity contribution in [2.45, 2.75) is 6.42 Å². The number of carbonyl (C=O) groups excluding carboxylic acids is 1. The van der Waals surface area contributed by atoms with Gasteiger partial charge >= 0.3 is 0 Å². The van der Waals surface area contributed by atoms with Gasteiger partial charge in [-0.2, -0.15) is 0 Å². The number of rotatable bonds is 4. The molecular formula is C14H19Cl2N3O2. The third-order valence-corrected chi connectivity index (χ3v) is 4.22. The zero-order chi connectivity index (χ0) is 15.2. The van der Waals surface area contributed by atoms with Gasteiger partial charge in [0.1, 0.15) is 5.15 Å². The van der Waals surface area contributed by atoms with Crippen molar-refractivity contribution in [1.29, 1.82) is 0 Å². The van der Waals surface area contributed by atoms with E-state index < -0.39 is 0 Å². The van der Waals surface area contributed by atoms with Gasteiger partial charge in [-0.1, -0.05) is 23.2 Å². The molecule has 1 aromatic rings. The second kappa shape index (κ2) is 7.94. The van der Waals surface area contributed by atoms with Gasteiger partial charge in [0.25, 0.3) is 5.91 Å². The first kappa shape index (κ1) is 16.5. The maximum absolute atomic E-state index is 12.5. The van der Waals surface area contributed by atoms with Gasteiger partial charge in [-0.05, 0) is 19.0 Å². The Hall–Kier alpha value is -0.880. The van der Waals surface area contributed by atoms with Gasteiger partial charge in [0.05, 0.1) is 17.2 Å². The van der Waals surface area contributed by atoms with E-state index in [0.717, 1.165) is 32.6 Å². The SMILES string of the molecule is COCCN1CCCN(C(=O)c2cnc(Cl)c(Cl)c2)CC1. The van der Waals surface area contributed by atoms with Gasteiger partial charge in [-0.25, -0.2) is 4.98 Å². The van der Waals surface area contributed by atoms with Gasteiger partial charge in [-0.15, -0.1) is 0 Å². The van der Waals surface area contributed by atoms with Gasteiger partial charge < -0.3 is 9.64 Å². The molecule has 1 aliphatic heterocycles. The molecule has 0 aliphatic carbocycles. The van der Waals surface area contributed by atoms with Crippen molar-refractivity contribution in [3.63, 3.8) is 0 Å². The molecule has 1 aliphatic rings. The molecule has 0 N–H and O–H groups in total. The lowest BCUT2D eigenvalue weighted by Gasteiger charge is -2.21. The number of aromatic nitrogens is 1. The van der Waals surface area contributed by atoms with Crippen LogP contribution in [0.4, 0.5) is 0 Å². The van der Waals surface area contributed by atoms with Crippen LogP contribution in [-0.2, 0) is 4.74 Å². The minimum absolute atomic E-state index is 0.0466. The fraction of sp³-hybridized carbons (Fsp3) is 0.571. The van der Waals surface area contributed by atoms with Crippen molar-refractivity contribution in [2.24, 2.45) is 0 Å². The highest BCUT2D eigenvalue weighted by Gasteiger charge is 2.21. The monoisotopic (exact) mass is 331 g/mol. The molecule has 1 aromatic heterocycles. The third kappa shape index (κ3) is 4.54. The zero-order valence-corrected chi connectivity index (χ0v) is 13.5. The van der Waals surface area contributed by atoms with Crippen molar-refractivity contribution in [1.82, 2.24) is 14.8 Å². The summed E-state index contributed by atoms with van der Waals surface area (Å²) in [5.74, 6) is -0.0466. The lowest BCUT2D eigenvalue weighted by Crippen LogP contribution is -2.36. The molecule has 7 heteroatoms. The van der Waals surface area contributed by atoms with Crippen LogP contribution in [0.25, 0.3) is 0 Å². The Kier molecular flexibility index (Phi) is 6.23. The summed E-state index contributed by atoms with van der Waals surface area (Å²) in [7, 11) is 1.70. The van der Waals surface area contributed by atoms with E-state index in [0.29, 0.717) is 23.7 Å². The van der Waals surface area contributed by atoms with Gasteiger partial charge in [0, 0.05) is 39.5 Å². The van der Waals surface area contributed by atoms with E-state index in [1.165, 1.54) is 6.20 Å². The van der Waals surface area contributed by atoms with Crippen molar-refractivity contribution >= 4 is 29.1 Å². The lowest BCUT2D eigenvalue weighted by molar-refractivity contribution is 0.0758. The summed E-state index contributed by atoms with van der Waals surface area (Å²) < 4.78 is 5.10. The predicted octanol–water partition coefficient (Wildman–Crippen LogP) is 2.18. The van der Waals surface area contributed by atoms with Crippen molar-refractivity contribution < 1.29 is 9.53 Å². The smallest absolute Gasteiger partial charge is 0.255 e. The molecule has 0 spiro atoms. The van der Waals surface area contributed by atoms with Gasteiger partial charge in [0.15, 0.2) is 0 Å². The number of carbonyl (C=O) groups is 1. The number of hydrogen-bond donors (Lipinski definition) is 0. The molecule has 0 saturated carbocycles. The number of hydrogen-bond acceptors (Lipinski definition) is 4. The van der Waals surface area contributed by atoms with Crippen LogP contribution in [0.3, 0.4) is 0 Å². The van der Waals surface area contributed by atoms with E-state index in [2.05, 4.69) is 9.88 Å². The van der Waals surface area contributed by atoms with Crippen LogP contribution in [0, 0.1) is 0 Å². The Balaban J connectivity index is 1.98. The number of methoxy groups -OCH3 is 1. The van der Waals surface area contributed by atoms with Crippen LogP contribution >= 0.6 is 23.2 Å². The fourth-order valence-corrected chi connectivity index (χ4v) is 2.61. The Morgan fingerprint density at radius 3 is 2.86 bits per heavy atom. The molecule has 2 heterocycles. The van der Waals surface area contributed by atoms with E-state index in [1.54, 1.807) is 13.2 Å². The lowest BCUT2D eigenvalue weighted by atomic mass is 10.2. The summed E-state index contributed by atoms with van der Waals surface area (Å²) in [6, 6.07) is 1.58. The quantitative estimate of drug-likeness (QED) is 0.793. The molecule has 1 fully saturated rings. The molecular weight excluding hydrogens is 313 g/mol.